The van der Waals surface area contributed by atoms with Crippen molar-refractivity contribution >= 4 is 16.8 Å². The van der Waals surface area contributed by atoms with E-state index in [1.165, 1.54) is 45.2 Å². The zero-order chi connectivity index (χ0) is 19.5. The molecule has 2 saturated heterocycles. The number of carbonyl (C=O) groups excluding carboxylic acids is 1. The van der Waals surface area contributed by atoms with Gasteiger partial charge >= 0.3 is 0 Å². The van der Waals surface area contributed by atoms with Crippen molar-refractivity contribution in [1.82, 2.24) is 14.4 Å². The van der Waals surface area contributed by atoms with Gasteiger partial charge in [-0.2, -0.15) is 0 Å². The van der Waals surface area contributed by atoms with Gasteiger partial charge in [-0.1, -0.05) is 6.42 Å². The lowest BCUT2D eigenvalue weighted by atomic mass is 9.83. The first-order valence-corrected chi connectivity index (χ1v) is 10.8. The molecule has 5 heteroatoms. The van der Waals surface area contributed by atoms with Crippen LogP contribution in [0.2, 0.25) is 0 Å². The number of piperidine rings is 2. The third-order valence-electron chi connectivity index (χ3n) is 6.71. The van der Waals surface area contributed by atoms with Gasteiger partial charge in [-0.05, 0) is 69.0 Å². The van der Waals surface area contributed by atoms with E-state index in [1.54, 1.807) is 7.11 Å². The van der Waals surface area contributed by atoms with E-state index in [0.29, 0.717) is 18.4 Å². The molecule has 28 heavy (non-hydrogen) atoms. The Kier molecular flexibility index (Phi) is 5.90. The van der Waals surface area contributed by atoms with E-state index in [2.05, 4.69) is 27.8 Å². The minimum atomic E-state index is 0.253. The Morgan fingerprint density at radius 2 is 2.04 bits per heavy atom. The number of amides is 1. The maximum absolute atomic E-state index is 12.8. The molecule has 0 aliphatic carbocycles. The maximum atomic E-state index is 12.8. The quantitative estimate of drug-likeness (QED) is 0.762. The van der Waals surface area contributed by atoms with Crippen LogP contribution in [-0.4, -0.2) is 60.1 Å². The highest BCUT2D eigenvalue weighted by Gasteiger charge is 2.33. The van der Waals surface area contributed by atoms with Gasteiger partial charge < -0.3 is 19.1 Å². The lowest BCUT2D eigenvalue weighted by molar-refractivity contribution is -0.131. The first-order chi connectivity index (χ1) is 13.7. The number of nitrogens with zero attached hydrogens (tertiary/aromatic N) is 3. The average molecular weight is 384 g/mol. The highest BCUT2D eigenvalue weighted by atomic mass is 16.5. The summed E-state index contributed by atoms with van der Waals surface area (Å²) in [5.74, 6) is 1.76. The second kappa shape index (κ2) is 8.56. The molecule has 3 heterocycles. The molecule has 2 aliphatic rings. The van der Waals surface area contributed by atoms with Crippen LogP contribution in [0, 0.1) is 5.92 Å². The number of hydrogen-bond donors (Lipinski definition) is 0. The molecule has 0 bridgehead atoms. The Bertz CT molecular complexity index is 813. The van der Waals surface area contributed by atoms with Gasteiger partial charge in [-0.15, -0.1) is 0 Å². The molecule has 2 fully saturated rings. The summed E-state index contributed by atoms with van der Waals surface area (Å²) in [6.07, 6.45) is 9.16. The van der Waals surface area contributed by atoms with Crippen molar-refractivity contribution in [2.75, 3.05) is 33.8 Å². The molecule has 2 aliphatic heterocycles. The third-order valence-corrected chi connectivity index (χ3v) is 6.71. The summed E-state index contributed by atoms with van der Waals surface area (Å²) in [4.78, 5) is 17.4. The molecule has 152 valence electrons. The minimum Gasteiger partial charge on any atom is -0.497 e. The zero-order valence-corrected chi connectivity index (χ0v) is 17.3. The van der Waals surface area contributed by atoms with Gasteiger partial charge in [0.25, 0.3) is 0 Å². The SMILES string of the molecule is COc1ccc2c(ccn2CCC(=O)N(C)CC2CCCN3CCCCC23)c1. The van der Waals surface area contributed by atoms with Crippen molar-refractivity contribution in [2.45, 2.75) is 51.1 Å². The second-order valence-corrected chi connectivity index (χ2v) is 8.46. The van der Waals surface area contributed by atoms with Gasteiger partial charge in [0.15, 0.2) is 0 Å². The monoisotopic (exact) mass is 383 g/mol. The van der Waals surface area contributed by atoms with E-state index < -0.39 is 0 Å². The Hall–Kier alpha value is -2.01. The molecule has 5 nitrogen and oxygen atoms in total. The molecular formula is C23H33N3O2. The highest BCUT2D eigenvalue weighted by Crippen LogP contribution is 2.31. The lowest BCUT2D eigenvalue weighted by Gasteiger charge is -2.45. The van der Waals surface area contributed by atoms with E-state index in [-0.39, 0.29) is 5.91 Å². The van der Waals surface area contributed by atoms with Crippen LogP contribution < -0.4 is 4.74 Å². The summed E-state index contributed by atoms with van der Waals surface area (Å²) in [5.41, 5.74) is 1.15. The Labute approximate surface area is 168 Å². The number of aryl methyl sites for hydroxylation is 1. The van der Waals surface area contributed by atoms with Crippen molar-refractivity contribution in [2.24, 2.45) is 5.92 Å². The Morgan fingerprint density at radius 3 is 2.89 bits per heavy atom. The van der Waals surface area contributed by atoms with Crippen molar-refractivity contribution < 1.29 is 9.53 Å². The first kappa shape index (κ1) is 19.3. The topological polar surface area (TPSA) is 37.7 Å². The highest BCUT2D eigenvalue weighted by molar-refractivity contribution is 5.82. The first-order valence-electron chi connectivity index (χ1n) is 10.8. The molecule has 2 aromatic rings. The van der Waals surface area contributed by atoms with Gasteiger partial charge in [-0.3, -0.25) is 4.79 Å². The van der Waals surface area contributed by atoms with Gasteiger partial charge in [0.1, 0.15) is 5.75 Å². The number of hydrogen-bond acceptors (Lipinski definition) is 3. The van der Waals surface area contributed by atoms with E-state index >= 15 is 0 Å². The Balaban J connectivity index is 1.33. The summed E-state index contributed by atoms with van der Waals surface area (Å²) >= 11 is 0. The van der Waals surface area contributed by atoms with Crippen LogP contribution in [-0.2, 0) is 11.3 Å². The van der Waals surface area contributed by atoms with E-state index in [0.717, 1.165) is 29.7 Å². The van der Waals surface area contributed by atoms with Gasteiger partial charge in [-0.25, -0.2) is 0 Å². The van der Waals surface area contributed by atoms with Crippen LogP contribution in [0.5, 0.6) is 5.75 Å². The minimum absolute atomic E-state index is 0.253. The number of rotatable bonds is 6. The maximum Gasteiger partial charge on any atom is 0.224 e. The van der Waals surface area contributed by atoms with Crippen LogP contribution in [0.1, 0.15) is 38.5 Å². The predicted molar refractivity (Wildman–Crippen MR) is 113 cm³/mol. The molecule has 1 aromatic carbocycles. The van der Waals surface area contributed by atoms with Crippen LogP contribution in [0.25, 0.3) is 10.9 Å². The summed E-state index contributed by atoms with van der Waals surface area (Å²) in [7, 11) is 3.67. The number of aromatic nitrogens is 1. The Morgan fingerprint density at radius 1 is 1.18 bits per heavy atom. The lowest BCUT2D eigenvalue weighted by Crippen LogP contribution is -2.51. The normalized spacial score (nSPS) is 22.8. The molecule has 0 N–H and O–H groups in total. The molecule has 0 radical (unpaired) electrons. The van der Waals surface area contributed by atoms with Crippen molar-refractivity contribution in [1.29, 1.82) is 0 Å². The van der Waals surface area contributed by atoms with Crippen LogP contribution in [0.4, 0.5) is 0 Å². The fourth-order valence-electron chi connectivity index (χ4n) is 5.15. The number of benzene rings is 1. The molecular weight excluding hydrogens is 350 g/mol. The molecule has 4 rings (SSSR count). The second-order valence-electron chi connectivity index (χ2n) is 8.46. The number of carbonyl (C=O) groups is 1. The van der Waals surface area contributed by atoms with Gasteiger partial charge in [0, 0.05) is 49.7 Å². The number of ether oxygens (including phenoxy) is 1. The fourth-order valence-corrected chi connectivity index (χ4v) is 5.15. The van der Waals surface area contributed by atoms with Crippen LogP contribution >= 0.6 is 0 Å². The molecule has 1 amide bonds. The molecule has 0 spiro atoms. The summed E-state index contributed by atoms with van der Waals surface area (Å²) in [6.45, 7) is 4.14. The average Bonchev–Trinajstić information content (AvgIpc) is 3.14. The van der Waals surface area contributed by atoms with E-state index in [9.17, 15) is 4.79 Å². The third kappa shape index (κ3) is 4.04. The summed E-state index contributed by atoms with van der Waals surface area (Å²) in [5, 5.41) is 1.15. The van der Waals surface area contributed by atoms with Gasteiger partial charge in [0.05, 0.1) is 7.11 Å². The largest absolute Gasteiger partial charge is 0.497 e. The summed E-state index contributed by atoms with van der Waals surface area (Å²) in [6, 6.07) is 8.87. The molecule has 2 atom stereocenters. The molecule has 1 aromatic heterocycles. The summed E-state index contributed by atoms with van der Waals surface area (Å²) < 4.78 is 7.47. The molecule has 2 unspecified atom stereocenters. The van der Waals surface area contributed by atoms with E-state index in [1.807, 2.05) is 24.1 Å². The van der Waals surface area contributed by atoms with Crippen LogP contribution in [0.3, 0.4) is 0 Å². The van der Waals surface area contributed by atoms with E-state index in [4.69, 9.17) is 4.74 Å². The number of methoxy groups -OCH3 is 1. The van der Waals surface area contributed by atoms with Crippen molar-refractivity contribution in [3.63, 3.8) is 0 Å². The predicted octanol–water partition coefficient (Wildman–Crippen LogP) is 3.76. The zero-order valence-electron chi connectivity index (χ0n) is 17.3. The van der Waals surface area contributed by atoms with Gasteiger partial charge in [0.2, 0.25) is 5.91 Å². The fraction of sp³-hybridized carbons (Fsp3) is 0.609. The van der Waals surface area contributed by atoms with Crippen molar-refractivity contribution in [3.8, 4) is 5.75 Å². The van der Waals surface area contributed by atoms with Crippen molar-refractivity contribution in [3.05, 3.63) is 30.5 Å². The number of fused-ring (bicyclic) bond motifs is 2. The smallest absolute Gasteiger partial charge is 0.224 e. The standard InChI is InChI=1S/C23H33N3O2/c1-24(17-19-6-5-13-25-12-4-3-7-21(19)25)23(27)11-15-26-14-10-18-16-20(28-2)8-9-22(18)26/h8-10,14,16,19,21H,3-7,11-13,15,17H2,1-2H3. The van der Waals surface area contributed by atoms with Crippen LogP contribution in [0.15, 0.2) is 30.5 Å². The molecule has 0 saturated carbocycles.